The zero-order chi connectivity index (χ0) is 13.1. The molecule has 1 atom stereocenters. The number of hydrogen-bond donors (Lipinski definition) is 0. The molecule has 3 nitrogen and oxygen atoms in total. The van der Waals surface area contributed by atoms with Gasteiger partial charge in [0.05, 0.1) is 23.8 Å². The number of rotatable bonds is 6. The smallest absolute Gasteiger partial charge is 0.402 e. The van der Waals surface area contributed by atoms with Gasteiger partial charge in [-0.05, 0) is 40.5 Å². The summed E-state index contributed by atoms with van der Waals surface area (Å²) in [5.74, 6) is 0. The van der Waals surface area contributed by atoms with Crippen molar-refractivity contribution in [3.05, 3.63) is 0 Å². The molecule has 4 heteroatoms. The highest BCUT2D eigenvalue weighted by Crippen LogP contribution is 2.36. The van der Waals surface area contributed by atoms with E-state index in [1.54, 1.807) is 0 Å². The normalized spacial score (nSPS) is 24.0. The molecule has 0 aromatic rings. The highest BCUT2D eigenvalue weighted by atomic mass is 16.7. The predicted molar refractivity (Wildman–Crippen MR) is 71.0 cm³/mol. The Kier molecular flexibility index (Phi) is 5.05. The van der Waals surface area contributed by atoms with Crippen LogP contribution in [-0.4, -0.2) is 30.9 Å². The van der Waals surface area contributed by atoms with Crippen LogP contribution >= 0.6 is 0 Å². The lowest BCUT2D eigenvalue weighted by Crippen LogP contribution is -2.41. The van der Waals surface area contributed by atoms with Crippen LogP contribution in [-0.2, 0) is 14.0 Å². The van der Waals surface area contributed by atoms with Crippen molar-refractivity contribution in [2.24, 2.45) is 0 Å². The maximum absolute atomic E-state index is 5.89. The lowest BCUT2D eigenvalue weighted by atomic mass is 9.90. The van der Waals surface area contributed by atoms with E-state index in [4.69, 9.17) is 14.0 Å². The maximum Gasteiger partial charge on any atom is 0.485 e. The molecule has 0 aromatic heterocycles. The van der Waals surface area contributed by atoms with Crippen LogP contribution in [0.15, 0.2) is 0 Å². The molecular weight excluding hydrogens is 215 g/mol. The third-order valence-corrected chi connectivity index (χ3v) is 3.84. The van der Waals surface area contributed by atoms with Gasteiger partial charge in [-0.2, -0.15) is 0 Å². The fourth-order valence-electron chi connectivity index (χ4n) is 1.98. The van der Waals surface area contributed by atoms with Gasteiger partial charge in [0.25, 0.3) is 0 Å². The van der Waals surface area contributed by atoms with Crippen molar-refractivity contribution in [1.82, 2.24) is 0 Å². The molecule has 1 heterocycles. The fraction of sp³-hybridized carbons (Fsp3) is 1.00. The van der Waals surface area contributed by atoms with Gasteiger partial charge >= 0.3 is 7.12 Å². The Labute approximate surface area is 106 Å². The summed E-state index contributed by atoms with van der Waals surface area (Å²) in [6.45, 7) is 13.1. The van der Waals surface area contributed by atoms with Crippen LogP contribution in [0, 0.1) is 0 Å². The van der Waals surface area contributed by atoms with Gasteiger partial charge in [-0.3, -0.25) is 0 Å². The van der Waals surface area contributed by atoms with Crippen LogP contribution in [0.5, 0.6) is 0 Å². The Balaban J connectivity index is 2.40. The summed E-state index contributed by atoms with van der Waals surface area (Å²) in [5.41, 5.74) is -0.513. The molecule has 0 aliphatic carbocycles. The molecule has 0 N–H and O–H groups in total. The van der Waals surface area contributed by atoms with E-state index in [1.165, 1.54) is 0 Å². The Morgan fingerprint density at radius 2 is 1.59 bits per heavy atom. The Hall–Kier alpha value is -0.0551. The van der Waals surface area contributed by atoms with E-state index >= 15 is 0 Å². The molecule has 1 aliphatic rings. The molecular formula is C13H27BO3. The SMILES string of the molecule is CCC[C@H](CC)OCB1OC(C)(C)C(C)(C)O1. The Bertz CT molecular complexity index is 225. The first kappa shape index (κ1) is 15.0. The van der Waals surface area contributed by atoms with Crippen LogP contribution < -0.4 is 0 Å². The minimum absolute atomic E-state index is 0.231. The van der Waals surface area contributed by atoms with Gasteiger partial charge in [0.2, 0.25) is 0 Å². The summed E-state index contributed by atoms with van der Waals surface area (Å²) >= 11 is 0. The molecule has 1 rings (SSSR count). The van der Waals surface area contributed by atoms with E-state index in [9.17, 15) is 0 Å². The minimum atomic E-state index is -0.256. The number of ether oxygens (including phenoxy) is 1. The van der Waals surface area contributed by atoms with Gasteiger partial charge in [0.15, 0.2) is 0 Å². The molecule has 100 valence electrons. The summed E-state index contributed by atoms with van der Waals surface area (Å²) in [6, 6.07) is 0. The second kappa shape index (κ2) is 5.72. The van der Waals surface area contributed by atoms with Crippen molar-refractivity contribution < 1.29 is 14.0 Å². The van der Waals surface area contributed by atoms with Crippen molar-refractivity contribution in [3.8, 4) is 0 Å². The summed E-state index contributed by atoms with van der Waals surface area (Å²) in [4.78, 5) is 0. The highest BCUT2D eigenvalue weighted by Gasteiger charge is 2.51. The Morgan fingerprint density at radius 3 is 2.00 bits per heavy atom. The largest absolute Gasteiger partial charge is 0.485 e. The first-order valence-electron chi connectivity index (χ1n) is 6.79. The molecule has 0 amide bonds. The molecule has 0 radical (unpaired) electrons. The summed E-state index contributed by atoms with van der Waals surface area (Å²) in [6.07, 6.45) is 3.64. The Morgan fingerprint density at radius 1 is 1.06 bits per heavy atom. The van der Waals surface area contributed by atoms with Gasteiger partial charge in [0.1, 0.15) is 0 Å². The van der Waals surface area contributed by atoms with Crippen LogP contribution in [0.1, 0.15) is 60.8 Å². The molecule has 1 aliphatic heterocycles. The van der Waals surface area contributed by atoms with Gasteiger partial charge < -0.3 is 14.0 Å². The second-order valence-corrected chi connectivity index (χ2v) is 5.84. The topological polar surface area (TPSA) is 27.7 Å². The predicted octanol–water partition coefficient (Wildman–Crippen LogP) is 3.21. The standard InChI is InChI=1S/C13H27BO3/c1-7-9-11(8-2)15-10-14-16-12(3,4)13(5,6)17-14/h11H,7-10H2,1-6H3/t11-/m0/s1. The molecule has 0 unspecified atom stereocenters. The fourth-order valence-corrected chi connectivity index (χ4v) is 1.98. The molecule has 1 saturated heterocycles. The van der Waals surface area contributed by atoms with Gasteiger partial charge in [0, 0.05) is 0 Å². The molecule has 0 spiro atoms. The minimum Gasteiger partial charge on any atom is -0.402 e. The van der Waals surface area contributed by atoms with E-state index in [0.29, 0.717) is 12.6 Å². The van der Waals surface area contributed by atoms with Crippen molar-refractivity contribution >= 4 is 7.12 Å². The average Bonchev–Trinajstić information content (AvgIpc) is 2.42. The monoisotopic (exact) mass is 242 g/mol. The third-order valence-electron chi connectivity index (χ3n) is 3.84. The van der Waals surface area contributed by atoms with E-state index in [1.807, 2.05) is 0 Å². The highest BCUT2D eigenvalue weighted by molar-refractivity contribution is 6.45. The summed E-state index contributed by atoms with van der Waals surface area (Å²) in [5, 5.41) is 0. The average molecular weight is 242 g/mol. The van der Waals surface area contributed by atoms with E-state index in [-0.39, 0.29) is 18.3 Å². The van der Waals surface area contributed by atoms with E-state index in [0.717, 1.165) is 19.3 Å². The van der Waals surface area contributed by atoms with Crippen LogP contribution in [0.3, 0.4) is 0 Å². The van der Waals surface area contributed by atoms with E-state index < -0.39 is 0 Å². The summed E-state index contributed by atoms with van der Waals surface area (Å²) < 4.78 is 17.6. The summed E-state index contributed by atoms with van der Waals surface area (Å²) in [7, 11) is -0.231. The zero-order valence-electron chi connectivity index (χ0n) is 12.2. The van der Waals surface area contributed by atoms with Gasteiger partial charge in [-0.1, -0.05) is 20.3 Å². The van der Waals surface area contributed by atoms with Gasteiger partial charge in [-0.25, -0.2) is 0 Å². The maximum atomic E-state index is 5.89. The van der Waals surface area contributed by atoms with Gasteiger partial charge in [-0.15, -0.1) is 0 Å². The second-order valence-electron chi connectivity index (χ2n) is 5.84. The van der Waals surface area contributed by atoms with Crippen molar-refractivity contribution in [1.29, 1.82) is 0 Å². The molecule has 0 aromatic carbocycles. The third kappa shape index (κ3) is 3.70. The molecule has 0 saturated carbocycles. The van der Waals surface area contributed by atoms with Crippen molar-refractivity contribution in [3.63, 3.8) is 0 Å². The first-order chi connectivity index (χ1) is 7.82. The van der Waals surface area contributed by atoms with Crippen molar-refractivity contribution in [2.45, 2.75) is 78.1 Å². The molecule has 0 bridgehead atoms. The lowest BCUT2D eigenvalue weighted by molar-refractivity contribution is 0.00578. The zero-order valence-corrected chi connectivity index (χ0v) is 12.2. The van der Waals surface area contributed by atoms with Crippen LogP contribution in [0.4, 0.5) is 0 Å². The van der Waals surface area contributed by atoms with E-state index in [2.05, 4.69) is 41.5 Å². The molecule has 1 fully saturated rings. The first-order valence-corrected chi connectivity index (χ1v) is 6.79. The van der Waals surface area contributed by atoms with Crippen LogP contribution in [0.25, 0.3) is 0 Å². The lowest BCUT2D eigenvalue weighted by Gasteiger charge is -2.32. The quantitative estimate of drug-likeness (QED) is 0.669. The molecule has 17 heavy (non-hydrogen) atoms. The van der Waals surface area contributed by atoms with Crippen LogP contribution in [0.2, 0.25) is 0 Å². The van der Waals surface area contributed by atoms with Crippen molar-refractivity contribution in [2.75, 3.05) is 6.51 Å². The number of hydrogen-bond acceptors (Lipinski definition) is 3.